The van der Waals surface area contributed by atoms with Crippen molar-refractivity contribution < 1.29 is 14.3 Å². The van der Waals surface area contributed by atoms with Gasteiger partial charge in [-0.3, -0.25) is 19.5 Å². The van der Waals surface area contributed by atoms with E-state index >= 15 is 0 Å². The molecule has 2 heterocycles. The van der Waals surface area contributed by atoms with Crippen LogP contribution in [0.15, 0.2) is 36.5 Å². The number of rotatable bonds is 6. The van der Waals surface area contributed by atoms with Crippen LogP contribution in [-0.4, -0.2) is 61.1 Å². The molecule has 0 bridgehead atoms. The first-order valence-electron chi connectivity index (χ1n) is 9.43. The predicted molar refractivity (Wildman–Crippen MR) is 102 cm³/mol. The summed E-state index contributed by atoms with van der Waals surface area (Å²) in [6.45, 7) is 4.56. The minimum atomic E-state index is -0.943. The molecule has 1 aromatic carbocycles. The maximum absolute atomic E-state index is 12.8. The molecule has 0 radical (unpaired) electrons. The third-order valence-corrected chi connectivity index (χ3v) is 5.32. The molecule has 27 heavy (non-hydrogen) atoms. The highest BCUT2D eigenvalue weighted by molar-refractivity contribution is 6.14. The van der Waals surface area contributed by atoms with Crippen LogP contribution in [0, 0.1) is 5.41 Å². The summed E-state index contributed by atoms with van der Waals surface area (Å²) in [5.74, 6) is -0.425. The summed E-state index contributed by atoms with van der Waals surface area (Å²) >= 11 is 0. The molecule has 1 aliphatic carbocycles. The lowest BCUT2D eigenvalue weighted by Gasteiger charge is -2.26. The van der Waals surface area contributed by atoms with Crippen LogP contribution in [0.1, 0.15) is 12.8 Å². The molecule has 2 aliphatic rings. The molecule has 0 atom stereocenters. The molecule has 4 rings (SSSR count). The molecule has 1 aromatic heterocycles. The van der Waals surface area contributed by atoms with Gasteiger partial charge in [-0.05, 0) is 25.0 Å². The Morgan fingerprint density at radius 3 is 2.67 bits per heavy atom. The molecule has 2 fully saturated rings. The average Bonchev–Trinajstić information content (AvgIpc) is 3.51. The summed E-state index contributed by atoms with van der Waals surface area (Å²) < 4.78 is 5.32. The largest absolute Gasteiger partial charge is 0.379 e. The van der Waals surface area contributed by atoms with Crippen molar-refractivity contribution in [1.29, 1.82) is 0 Å². The highest BCUT2D eigenvalue weighted by Gasteiger charge is 2.56. The Balaban J connectivity index is 1.36. The quantitative estimate of drug-likeness (QED) is 0.753. The van der Waals surface area contributed by atoms with Gasteiger partial charge in [-0.2, -0.15) is 0 Å². The number of para-hydroxylation sites is 1. The number of fused-ring (bicyclic) bond motifs is 1. The van der Waals surface area contributed by atoms with Crippen molar-refractivity contribution >= 4 is 28.4 Å². The van der Waals surface area contributed by atoms with Crippen LogP contribution in [-0.2, 0) is 14.3 Å². The monoisotopic (exact) mass is 368 g/mol. The number of pyridine rings is 1. The number of anilines is 1. The minimum Gasteiger partial charge on any atom is -0.379 e. The fourth-order valence-electron chi connectivity index (χ4n) is 3.45. The summed E-state index contributed by atoms with van der Waals surface area (Å²) in [4.78, 5) is 32.1. The lowest BCUT2D eigenvalue weighted by molar-refractivity contribution is -0.134. The van der Waals surface area contributed by atoms with Gasteiger partial charge in [-0.25, -0.2) is 0 Å². The Hall–Kier alpha value is -2.51. The van der Waals surface area contributed by atoms with Crippen molar-refractivity contribution in [3.8, 4) is 0 Å². The molecule has 2 N–H and O–H groups in total. The highest BCUT2D eigenvalue weighted by Crippen LogP contribution is 2.47. The minimum absolute atomic E-state index is 0.179. The summed E-state index contributed by atoms with van der Waals surface area (Å²) in [5, 5.41) is 6.81. The van der Waals surface area contributed by atoms with Gasteiger partial charge in [0.05, 0.1) is 24.4 Å². The maximum Gasteiger partial charge on any atom is 0.240 e. The Labute approximate surface area is 158 Å². The molecule has 2 amide bonds. The van der Waals surface area contributed by atoms with E-state index in [0.29, 0.717) is 25.1 Å². The average molecular weight is 368 g/mol. The van der Waals surface area contributed by atoms with E-state index in [0.717, 1.165) is 43.8 Å². The zero-order valence-corrected chi connectivity index (χ0v) is 15.2. The topological polar surface area (TPSA) is 83.6 Å². The van der Waals surface area contributed by atoms with Crippen LogP contribution in [0.2, 0.25) is 0 Å². The van der Waals surface area contributed by atoms with E-state index in [1.54, 1.807) is 6.20 Å². The molecule has 7 nitrogen and oxygen atoms in total. The first-order valence-corrected chi connectivity index (χ1v) is 9.43. The van der Waals surface area contributed by atoms with Crippen LogP contribution in [0.25, 0.3) is 10.9 Å². The molecule has 2 aromatic rings. The Morgan fingerprint density at radius 2 is 1.89 bits per heavy atom. The van der Waals surface area contributed by atoms with Crippen LogP contribution in [0.3, 0.4) is 0 Å². The number of hydrogen-bond acceptors (Lipinski definition) is 5. The van der Waals surface area contributed by atoms with Crippen molar-refractivity contribution in [3.05, 3.63) is 36.5 Å². The zero-order chi connectivity index (χ0) is 18.7. The number of hydrogen-bond donors (Lipinski definition) is 2. The standard InChI is InChI=1S/C20H24N4O3/c25-18(22-9-10-24-11-13-27-14-12-24)20(6-7-20)19(26)23-16-5-1-3-15-4-2-8-21-17(15)16/h1-5,8H,6-7,9-14H2,(H,22,25)(H,23,26). The number of aromatic nitrogens is 1. The summed E-state index contributed by atoms with van der Waals surface area (Å²) in [7, 11) is 0. The second kappa shape index (κ2) is 7.62. The van der Waals surface area contributed by atoms with Gasteiger partial charge >= 0.3 is 0 Å². The van der Waals surface area contributed by atoms with Crippen LogP contribution >= 0.6 is 0 Å². The van der Waals surface area contributed by atoms with Crippen molar-refractivity contribution in [2.24, 2.45) is 5.41 Å². The van der Waals surface area contributed by atoms with E-state index in [1.165, 1.54) is 0 Å². The zero-order valence-electron chi connectivity index (χ0n) is 15.2. The Bertz CT molecular complexity index is 839. The summed E-state index contributed by atoms with van der Waals surface area (Å²) in [6.07, 6.45) is 2.87. The number of nitrogens with one attached hydrogen (secondary N) is 2. The molecule has 1 saturated carbocycles. The molecule has 0 unspecified atom stereocenters. The number of amides is 2. The highest BCUT2D eigenvalue weighted by atomic mass is 16.5. The van der Waals surface area contributed by atoms with E-state index in [-0.39, 0.29) is 11.8 Å². The number of morpholine rings is 1. The van der Waals surface area contributed by atoms with E-state index in [9.17, 15) is 9.59 Å². The number of nitrogens with zero attached hydrogens (tertiary/aromatic N) is 2. The van der Waals surface area contributed by atoms with Crippen LogP contribution in [0.4, 0.5) is 5.69 Å². The normalized spacial score (nSPS) is 18.8. The van der Waals surface area contributed by atoms with Gasteiger partial charge in [0.25, 0.3) is 0 Å². The van der Waals surface area contributed by atoms with Gasteiger partial charge in [-0.1, -0.05) is 18.2 Å². The maximum atomic E-state index is 12.8. The van der Waals surface area contributed by atoms with Gasteiger partial charge in [0, 0.05) is 37.8 Å². The third kappa shape index (κ3) is 3.79. The van der Waals surface area contributed by atoms with Crippen molar-refractivity contribution in [1.82, 2.24) is 15.2 Å². The lowest BCUT2D eigenvalue weighted by Crippen LogP contribution is -2.45. The van der Waals surface area contributed by atoms with Crippen LogP contribution in [0.5, 0.6) is 0 Å². The van der Waals surface area contributed by atoms with E-state index in [1.807, 2.05) is 30.3 Å². The lowest BCUT2D eigenvalue weighted by atomic mass is 10.0. The number of carbonyl (C=O) groups excluding carboxylic acids is 2. The van der Waals surface area contributed by atoms with Crippen molar-refractivity contribution in [3.63, 3.8) is 0 Å². The van der Waals surface area contributed by atoms with E-state index in [2.05, 4.69) is 20.5 Å². The van der Waals surface area contributed by atoms with E-state index in [4.69, 9.17) is 4.74 Å². The predicted octanol–water partition coefficient (Wildman–Crippen LogP) is 1.40. The van der Waals surface area contributed by atoms with Crippen molar-refractivity contribution in [2.45, 2.75) is 12.8 Å². The van der Waals surface area contributed by atoms with Gasteiger partial charge in [0.2, 0.25) is 11.8 Å². The third-order valence-electron chi connectivity index (χ3n) is 5.32. The number of benzene rings is 1. The van der Waals surface area contributed by atoms with Crippen LogP contribution < -0.4 is 10.6 Å². The Morgan fingerprint density at radius 1 is 1.11 bits per heavy atom. The molecule has 142 valence electrons. The molecular formula is C20H24N4O3. The molecule has 1 aliphatic heterocycles. The molecule has 1 saturated heterocycles. The fourth-order valence-corrected chi connectivity index (χ4v) is 3.45. The number of carbonyl (C=O) groups is 2. The molecule has 7 heteroatoms. The van der Waals surface area contributed by atoms with Gasteiger partial charge in [-0.15, -0.1) is 0 Å². The first-order chi connectivity index (χ1) is 13.2. The number of ether oxygens (including phenoxy) is 1. The SMILES string of the molecule is O=C(NCCN1CCOCC1)C1(C(=O)Nc2cccc3cccnc23)CC1. The van der Waals surface area contributed by atoms with Crippen molar-refractivity contribution in [2.75, 3.05) is 44.7 Å². The molecule has 0 spiro atoms. The van der Waals surface area contributed by atoms with Gasteiger partial charge in [0.1, 0.15) is 5.41 Å². The Kier molecular flexibility index (Phi) is 5.05. The fraction of sp³-hybridized carbons (Fsp3) is 0.450. The first kappa shape index (κ1) is 17.9. The summed E-state index contributed by atoms with van der Waals surface area (Å²) in [5.41, 5.74) is 0.435. The molecular weight excluding hydrogens is 344 g/mol. The van der Waals surface area contributed by atoms with E-state index < -0.39 is 5.41 Å². The second-order valence-corrected chi connectivity index (χ2v) is 7.13. The summed E-state index contributed by atoms with van der Waals surface area (Å²) in [6, 6.07) is 9.45. The second-order valence-electron chi connectivity index (χ2n) is 7.13. The smallest absolute Gasteiger partial charge is 0.240 e. The van der Waals surface area contributed by atoms with Gasteiger partial charge < -0.3 is 15.4 Å². The van der Waals surface area contributed by atoms with Gasteiger partial charge in [0.15, 0.2) is 0 Å².